The molecule has 0 atom stereocenters. The van der Waals surface area contributed by atoms with Crippen LogP contribution < -0.4 is 11.1 Å². The highest BCUT2D eigenvalue weighted by Gasteiger charge is 2.05. The Bertz CT molecular complexity index is 567. The quantitative estimate of drug-likeness (QED) is 0.771. The largest absolute Gasteiger partial charge is 0.508 e. The zero-order valence-electron chi connectivity index (χ0n) is 10.3. The Morgan fingerprint density at radius 3 is 2.68 bits per heavy atom. The third-order valence-corrected chi connectivity index (χ3v) is 2.68. The molecule has 0 fully saturated rings. The molecule has 0 aliphatic heterocycles. The highest BCUT2D eigenvalue weighted by molar-refractivity contribution is 5.94. The number of phenolic OH excluding ortho intramolecular Hbond substituents is 1. The Morgan fingerprint density at radius 2 is 2.00 bits per heavy atom. The molecule has 0 radical (unpaired) electrons. The van der Waals surface area contributed by atoms with Gasteiger partial charge in [-0.2, -0.15) is 0 Å². The lowest BCUT2D eigenvalue weighted by Gasteiger charge is -2.06. The average molecular weight is 257 g/mol. The molecule has 98 valence electrons. The second-order valence-electron chi connectivity index (χ2n) is 4.14. The molecule has 2 aromatic rings. The number of nitrogen functional groups attached to an aromatic ring is 1. The molecule has 5 nitrogen and oxygen atoms in total. The van der Waals surface area contributed by atoms with Gasteiger partial charge in [-0.15, -0.1) is 0 Å². The lowest BCUT2D eigenvalue weighted by Crippen LogP contribution is -2.25. The summed E-state index contributed by atoms with van der Waals surface area (Å²) in [6.45, 7) is 0.520. The zero-order valence-corrected chi connectivity index (χ0v) is 10.3. The summed E-state index contributed by atoms with van der Waals surface area (Å²) in [6.07, 6.45) is 2.21. The summed E-state index contributed by atoms with van der Waals surface area (Å²) in [5, 5.41) is 12.0. The summed E-state index contributed by atoms with van der Waals surface area (Å²) >= 11 is 0. The molecule has 0 aliphatic carbocycles. The summed E-state index contributed by atoms with van der Waals surface area (Å²) in [5.41, 5.74) is 7.06. The molecule has 0 bridgehead atoms. The van der Waals surface area contributed by atoms with E-state index < -0.39 is 0 Å². The van der Waals surface area contributed by atoms with E-state index in [1.807, 2.05) is 12.1 Å². The van der Waals surface area contributed by atoms with E-state index in [2.05, 4.69) is 10.3 Å². The van der Waals surface area contributed by atoms with Crippen LogP contribution in [0.1, 0.15) is 15.9 Å². The standard InChI is InChI=1S/C14H15N3O2/c15-13-9-11(6-8-16-13)14(19)17-7-5-10-1-3-12(18)4-2-10/h1-4,6,8-9,18H,5,7H2,(H2,15,16)(H,17,19). The molecule has 1 aromatic carbocycles. The first kappa shape index (κ1) is 12.9. The highest BCUT2D eigenvalue weighted by atomic mass is 16.3. The van der Waals surface area contributed by atoms with E-state index in [9.17, 15) is 4.79 Å². The number of aromatic nitrogens is 1. The SMILES string of the molecule is Nc1cc(C(=O)NCCc2ccc(O)cc2)ccn1. The number of nitrogens with one attached hydrogen (secondary N) is 1. The van der Waals surface area contributed by atoms with E-state index in [4.69, 9.17) is 10.8 Å². The second-order valence-corrected chi connectivity index (χ2v) is 4.14. The van der Waals surface area contributed by atoms with Gasteiger partial charge < -0.3 is 16.2 Å². The molecule has 1 aromatic heterocycles. The smallest absolute Gasteiger partial charge is 0.251 e. The third kappa shape index (κ3) is 3.70. The Balaban J connectivity index is 1.86. The Hall–Kier alpha value is -2.56. The van der Waals surface area contributed by atoms with Crippen LogP contribution in [-0.2, 0) is 6.42 Å². The van der Waals surface area contributed by atoms with Gasteiger partial charge in [0.15, 0.2) is 0 Å². The summed E-state index contributed by atoms with van der Waals surface area (Å²) in [6, 6.07) is 10.1. The van der Waals surface area contributed by atoms with E-state index >= 15 is 0 Å². The van der Waals surface area contributed by atoms with Gasteiger partial charge in [0.2, 0.25) is 0 Å². The minimum absolute atomic E-state index is 0.173. The number of carbonyl (C=O) groups excluding carboxylic acids is 1. The zero-order chi connectivity index (χ0) is 13.7. The topological polar surface area (TPSA) is 88.2 Å². The van der Waals surface area contributed by atoms with Crippen LogP contribution in [0, 0.1) is 0 Å². The number of nitrogens with two attached hydrogens (primary N) is 1. The van der Waals surface area contributed by atoms with Crippen LogP contribution in [0.5, 0.6) is 5.75 Å². The van der Waals surface area contributed by atoms with Gasteiger partial charge in [-0.25, -0.2) is 4.98 Å². The summed E-state index contributed by atoms with van der Waals surface area (Å²) in [4.78, 5) is 15.6. The van der Waals surface area contributed by atoms with Crippen molar-refractivity contribution in [2.45, 2.75) is 6.42 Å². The minimum atomic E-state index is -0.173. The number of benzene rings is 1. The van der Waals surface area contributed by atoms with Crippen LogP contribution >= 0.6 is 0 Å². The number of phenols is 1. The lowest BCUT2D eigenvalue weighted by molar-refractivity contribution is 0.0954. The first-order valence-corrected chi connectivity index (χ1v) is 5.93. The molecule has 0 saturated heterocycles. The number of anilines is 1. The fraction of sp³-hybridized carbons (Fsp3) is 0.143. The van der Waals surface area contributed by atoms with Gasteiger partial charge in [-0.3, -0.25) is 4.79 Å². The molecule has 0 spiro atoms. The van der Waals surface area contributed by atoms with Crippen LogP contribution in [0.3, 0.4) is 0 Å². The third-order valence-electron chi connectivity index (χ3n) is 2.68. The Kier molecular flexibility index (Phi) is 3.97. The van der Waals surface area contributed by atoms with Gasteiger partial charge in [-0.1, -0.05) is 12.1 Å². The maximum absolute atomic E-state index is 11.8. The molecule has 5 heteroatoms. The highest BCUT2D eigenvalue weighted by Crippen LogP contribution is 2.09. The van der Waals surface area contributed by atoms with Crippen LogP contribution in [0.15, 0.2) is 42.6 Å². The second kappa shape index (κ2) is 5.86. The Morgan fingerprint density at radius 1 is 1.26 bits per heavy atom. The molecule has 0 unspecified atom stereocenters. The van der Waals surface area contributed by atoms with Crippen LogP contribution in [0.4, 0.5) is 5.82 Å². The monoisotopic (exact) mass is 257 g/mol. The number of aromatic hydroxyl groups is 1. The van der Waals surface area contributed by atoms with E-state index in [-0.39, 0.29) is 11.7 Å². The van der Waals surface area contributed by atoms with Gasteiger partial charge >= 0.3 is 0 Å². The van der Waals surface area contributed by atoms with Crippen molar-refractivity contribution in [1.82, 2.24) is 10.3 Å². The molecule has 0 saturated carbocycles. The normalized spacial score (nSPS) is 10.1. The number of rotatable bonds is 4. The van der Waals surface area contributed by atoms with E-state index in [1.165, 1.54) is 12.3 Å². The van der Waals surface area contributed by atoms with Crippen molar-refractivity contribution in [1.29, 1.82) is 0 Å². The summed E-state index contributed by atoms with van der Waals surface area (Å²) in [5.74, 6) is 0.388. The summed E-state index contributed by atoms with van der Waals surface area (Å²) in [7, 11) is 0. The molecule has 1 amide bonds. The number of amides is 1. The molecule has 4 N–H and O–H groups in total. The summed E-state index contributed by atoms with van der Waals surface area (Å²) < 4.78 is 0. The van der Waals surface area contributed by atoms with Crippen LogP contribution in [-0.4, -0.2) is 22.5 Å². The fourth-order valence-electron chi connectivity index (χ4n) is 1.67. The van der Waals surface area contributed by atoms with Crippen LogP contribution in [0.2, 0.25) is 0 Å². The maximum atomic E-state index is 11.8. The van der Waals surface area contributed by atoms with Gasteiger partial charge in [0.25, 0.3) is 5.91 Å². The van der Waals surface area contributed by atoms with Gasteiger partial charge in [0.05, 0.1) is 0 Å². The number of nitrogens with zero attached hydrogens (tertiary/aromatic N) is 1. The fourth-order valence-corrected chi connectivity index (χ4v) is 1.67. The first-order chi connectivity index (χ1) is 9.15. The van der Waals surface area contributed by atoms with Crippen molar-refractivity contribution >= 4 is 11.7 Å². The molecule has 2 rings (SSSR count). The van der Waals surface area contributed by atoms with Crippen molar-refractivity contribution in [3.63, 3.8) is 0 Å². The molecule has 19 heavy (non-hydrogen) atoms. The predicted molar refractivity (Wildman–Crippen MR) is 72.8 cm³/mol. The van der Waals surface area contributed by atoms with E-state index in [0.29, 0.717) is 24.3 Å². The van der Waals surface area contributed by atoms with E-state index in [1.54, 1.807) is 18.2 Å². The van der Waals surface area contributed by atoms with E-state index in [0.717, 1.165) is 5.56 Å². The average Bonchev–Trinajstić information content (AvgIpc) is 2.41. The number of hydrogen-bond donors (Lipinski definition) is 3. The van der Waals surface area contributed by atoms with Crippen molar-refractivity contribution in [3.8, 4) is 5.75 Å². The predicted octanol–water partition coefficient (Wildman–Crippen LogP) is 1.34. The molecule has 1 heterocycles. The molecular formula is C14H15N3O2. The number of hydrogen-bond acceptors (Lipinski definition) is 4. The first-order valence-electron chi connectivity index (χ1n) is 5.93. The maximum Gasteiger partial charge on any atom is 0.251 e. The van der Waals surface area contributed by atoms with Crippen molar-refractivity contribution in [2.24, 2.45) is 0 Å². The number of carbonyl (C=O) groups is 1. The minimum Gasteiger partial charge on any atom is -0.508 e. The van der Waals surface area contributed by atoms with Crippen molar-refractivity contribution in [3.05, 3.63) is 53.7 Å². The van der Waals surface area contributed by atoms with Gasteiger partial charge in [-0.05, 0) is 36.2 Å². The van der Waals surface area contributed by atoms with Crippen molar-refractivity contribution in [2.75, 3.05) is 12.3 Å². The molecule has 0 aliphatic rings. The van der Waals surface area contributed by atoms with Crippen LogP contribution in [0.25, 0.3) is 0 Å². The Labute approximate surface area is 111 Å². The van der Waals surface area contributed by atoms with Gasteiger partial charge in [0, 0.05) is 18.3 Å². The lowest BCUT2D eigenvalue weighted by atomic mass is 10.1. The van der Waals surface area contributed by atoms with Crippen molar-refractivity contribution < 1.29 is 9.90 Å². The number of pyridine rings is 1. The molecular weight excluding hydrogens is 242 g/mol. The van der Waals surface area contributed by atoms with Gasteiger partial charge in [0.1, 0.15) is 11.6 Å².